The van der Waals surface area contributed by atoms with Crippen LogP contribution in [-0.4, -0.2) is 52.8 Å². The van der Waals surface area contributed by atoms with Gasteiger partial charge in [-0.05, 0) is 32.4 Å². The summed E-state index contributed by atoms with van der Waals surface area (Å²) >= 11 is 0. The first-order chi connectivity index (χ1) is 11.5. The molecule has 0 radical (unpaired) electrons. The summed E-state index contributed by atoms with van der Waals surface area (Å²) in [5.41, 5.74) is 3.93. The van der Waals surface area contributed by atoms with Gasteiger partial charge in [0.2, 0.25) is 0 Å². The summed E-state index contributed by atoms with van der Waals surface area (Å²) in [6.45, 7) is 6.30. The van der Waals surface area contributed by atoms with Crippen LogP contribution in [0.5, 0.6) is 0 Å². The van der Waals surface area contributed by atoms with Gasteiger partial charge in [-0.3, -0.25) is 14.5 Å². The molecule has 6 nitrogen and oxygen atoms in total. The number of aromatic nitrogens is 3. The third-order valence-corrected chi connectivity index (χ3v) is 4.57. The van der Waals surface area contributed by atoms with Gasteiger partial charge in [0.25, 0.3) is 5.91 Å². The molecule has 24 heavy (non-hydrogen) atoms. The average molecular weight is 327 g/mol. The van der Waals surface area contributed by atoms with Gasteiger partial charge in [0, 0.05) is 62.9 Å². The molecule has 2 aromatic heterocycles. The quantitative estimate of drug-likeness (QED) is 0.865. The Morgan fingerprint density at radius 2 is 2.17 bits per heavy atom. The van der Waals surface area contributed by atoms with Gasteiger partial charge in [0.15, 0.2) is 0 Å². The van der Waals surface area contributed by atoms with Gasteiger partial charge < -0.3 is 9.80 Å². The summed E-state index contributed by atoms with van der Waals surface area (Å²) in [5.74, 6) is 0.367. The Hall–Kier alpha value is -2.37. The van der Waals surface area contributed by atoms with Crippen LogP contribution in [0.15, 0.2) is 24.5 Å². The Kier molecular flexibility index (Phi) is 4.55. The summed E-state index contributed by atoms with van der Waals surface area (Å²) in [5, 5.41) is 4.20. The molecule has 1 atom stereocenters. The third-order valence-electron chi connectivity index (χ3n) is 4.57. The monoisotopic (exact) mass is 327 g/mol. The molecular formula is C18H25N5O. The van der Waals surface area contributed by atoms with E-state index in [2.05, 4.69) is 22.1 Å². The van der Waals surface area contributed by atoms with Crippen LogP contribution in [0.1, 0.15) is 41.0 Å². The van der Waals surface area contributed by atoms with Crippen LogP contribution in [0.3, 0.4) is 0 Å². The molecule has 3 heterocycles. The minimum absolute atomic E-state index is 0.0673. The SMILES string of the molecule is CCn1cc(C(=O)N2CCC(c3cc(N(C)C)cc(C)n3)C2)cn1. The lowest BCUT2D eigenvalue weighted by Gasteiger charge is -2.18. The van der Waals surface area contributed by atoms with Crippen molar-refractivity contribution in [1.82, 2.24) is 19.7 Å². The summed E-state index contributed by atoms with van der Waals surface area (Å²) in [7, 11) is 4.07. The molecular weight excluding hydrogens is 302 g/mol. The van der Waals surface area contributed by atoms with Gasteiger partial charge in [-0.25, -0.2) is 0 Å². The molecule has 0 N–H and O–H groups in total. The highest BCUT2D eigenvalue weighted by molar-refractivity contribution is 5.94. The molecule has 3 rings (SSSR count). The smallest absolute Gasteiger partial charge is 0.257 e. The number of pyridine rings is 1. The molecule has 1 aliphatic heterocycles. The van der Waals surface area contributed by atoms with E-state index in [0.29, 0.717) is 11.5 Å². The maximum Gasteiger partial charge on any atom is 0.257 e. The van der Waals surface area contributed by atoms with Crippen LogP contribution in [0.25, 0.3) is 0 Å². The lowest BCUT2D eigenvalue weighted by molar-refractivity contribution is 0.0790. The Balaban J connectivity index is 1.74. The molecule has 0 aliphatic carbocycles. The fraction of sp³-hybridized carbons (Fsp3) is 0.500. The summed E-state index contributed by atoms with van der Waals surface area (Å²) in [6.07, 6.45) is 4.44. The molecule has 1 saturated heterocycles. The Morgan fingerprint density at radius 3 is 2.83 bits per heavy atom. The van der Waals surface area contributed by atoms with Crippen molar-refractivity contribution in [3.05, 3.63) is 41.5 Å². The molecule has 1 amide bonds. The molecule has 1 fully saturated rings. The minimum Gasteiger partial charge on any atom is -0.378 e. The van der Waals surface area contributed by atoms with E-state index in [0.717, 1.165) is 43.1 Å². The van der Waals surface area contributed by atoms with Crippen LogP contribution in [-0.2, 0) is 6.54 Å². The highest BCUT2D eigenvalue weighted by atomic mass is 16.2. The standard InChI is InChI=1S/C18H25N5O/c1-5-23-12-15(10-19-23)18(24)22-7-6-14(11-22)17-9-16(21(3)4)8-13(2)20-17/h8-10,12,14H,5-7,11H2,1-4H3. The van der Waals surface area contributed by atoms with Gasteiger partial charge in [-0.2, -0.15) is 5.10 Å². The van der Waals surface area contributed by atoms with Crippen LogP contribution in [0, 0.1) is 6.92 Å². The van der Waals surface area contributed by atoms with Gasteiger partial charge >= 0.3 is 0 Å². The Morgan fingerprint density at radius 1 is 1.38 bits per heavy atom. The number of carbonyl (C=O) groups excluding carboxylic acids is 1. The fourth-order valence-electron chi connectivity index (χ4n) is 3.16. The zero-order valence-corrected chi connectivity index (χ0v) is 14.9. The molecule has 1 aliphatic rings. The number of likely N-dealkylation sites (tertiary alicyclic amines) is 1. The van der Waals surface area contributed by atoms with Crippen molar-refractivity contribution >= 4 is 11.6 Å². The molecule has 128 valence electrons. The van der Waals surface area contributed by atoms with E-state index in [4.69, 9.17) is 4.98 Å². The van der Waals surface area contributed by atoms with E-state index in [9.17, 15) is 4.79 Å². The molecule has 2 aromatic rings. The Labute approximate surface area is 143 Å². The molecule has 0 spiro atoms. The van der Waals surface area contributed by atoms with E-state index in [-0.39, 0.29) is 5.91 Å². The number of amides is 1. The number of hydrogen-bond acceptors (Lipinski definition) is 4. The number of carbonyl (C=O) groups is 1. The number of anilines is 1. The van der Waals surface area contributed by atoms with Gasteiger partial charge in [0.05, 0.1) is 11.8 Å². The lowest BCUT2D eigenvalue weighted by atomic mass is 10.0. The maximum atomic E-state index is 12.6. The highest BCUT2D eigenvalue weighted by Gasteiger charge is 2.29. The normalized spacial score (nSPS) is 17.3. The van der Waals surface area contributed by atoms with E-state index in [1.165, 1.54) is 0 Å². The number of hydrogen-bond donors (Lipinski definition) is 0. The average Bonchev–Trinajstić information content (AvgIpc) is 3.23. The summed E-state index contributed by atoms with van der Waals surface area (Å²) in [4.78, 5) is 21.4. The van der Waals surface area contributed by atoms with Crippen molar-refractivity contribution in [2.75, 3.05) is 32.1 Å². The van der Waals surface area contributed by atoms with Crippen LogP contribution < -0.4 is 4.90 Å². The zero-order chi connectivity index (χ0) is 17.3. The topological polar surface area (TPSA) is 54.3 Å². The first-order valence-corrected chi connectivity index (χ1v) is 8.45. The van der Waals surface area contributed by atoms with Crippen molar-refractivity contribution in [3.8, 4) is 0 Å². The number of nitrogens with zero attached hydrogens (tertiary/aromatic N) is 5. The van der Waals surface area contributed by atoms with E-state index < -0.39 is 0 Å². The van der Waals surface area contributed by atoms with Gasteiger partial charge in [-0.1, -0.05) is 0 Å². The second kappa shape index (κ2) is 6.63. The third kappa shape index (κ3) is 3.27. The van der Waals surface area contributed by atoms with Gasteiger partial charge in [0.1, 0.15) is 0 Å². The van der Waals surface area contributed by atoms with Crippen molar-refractivity contribution in [3.63, 3.8) is 0 Å². The molecule has 0 aromatic carbocycles. The predicted molar refractivity (Wildman–Crippen MR) is 94.5 cm³/mol. The molecule has 0 bridgehead atoms. The van der Waals surface area contributed by atoms with Gasteiger partial charge in [-0.15, -0.1) is 0 Å². The lowest BCUT2D eigenvalue weighted by Crippen LogP contribution is -2.28. The minimum atomic E-state index is 0.0673. The maximum absolute atomic E-state index is 12.6. The van der Waals surface area contributed by atoms with Crippen molar-refractivity contribution in [2.45, 2.75) is 32.7 Å². The first kappa shape index (κ1) is 16.5. The van der Waals surface area contributed by atoms with Crippen molar-refractivity contribution < 1.29 is 4.79 Å². The zero-order valence-electron chi connectivity index (χ0n) is 14.9. The number of rotatable bonds is 4. The van der Waals surface area contributed by atoms with Crippen molar-refractivity contribution in [2.24, 2.45) is 0 Å². The van der Waals surface area contributed by atoms with E-state index in [1.807, 2.05) is 39.0 Å². The second-order valence-electron chi connectivity index (χ2n) is 6.61. The summed E-state index contributed by atoms with van der Waals surface area (Å²) < 4.78 is 1.78. The highest BCUT2D eigenvalue weighted by Crippen LogP contribution is 2.29. The molecule has 0 saturated carbocycles. The van der Waals surface area contributed by atoms with E-state index >= 15 is 0 Å². The van der Waals surface area contributed by atoms with Crippen molar-refractivity contribution in [1.29, 1.82) is 0 Å². The van der Waals surface area contributed by atoms with Crippen LogP contribution in [0.4, 0.5) is 5.69 Å². The largest absolute Gasteiger partial charge is 0.378 e. The predicted octanol–water partition coefficient (Wildman–Crippen LogP) is 2.30. The second-order valence-corrected chi connectivity index (χ2v) is 6.61. The molecule has 1 unspecified atom stereocenters. The Bertz CT molecular complexity index is 737. The van der Waals surface area contributed by atoms with E-state index in [1.54, 1.807) is 10.9 Å². The van der Waals surface area contributed by atoms with Crippen LogP contribution >= 0.6 is 0 Å². The fourth-order valence-corrected chi connectivity index (χ4v) is 3.16. The first-order valence-electron chi connectivity index (χ1n) is 8.45. The number of aryl methyl sites for hydroxylation is 2. The molecule has 6 heteroatoms. The summed E-state index contributed by atoms with van der Waals surface area (Å²) in [6, 6.07) is 4.22. The van der Waals surface area contributed by atoms with Crippen LogP contribution in [0.2, 0.25) is 0 Å².